The minimum atomic E-state index is -0.410. The predicted molar refractivity (Wildman–Crippen MR) is 111 cm³/mol. The molecule has 0 aliphatic heterocycles. The molecular weight excluding hydrogens is 412 g/mol. The van der Waals surface area contributed by atoms with Gasteiger partial charge in [-0.2, -0.15) is 0 Å². The molecule has 0 aliphatic rings. The highest BCUT2D eigenvalue weighted by Gasteiger charge is 2.18. The molecule has 0 radical (unpaired) electrons. The lowest BCUT2D eigenvalue weighted by atomic mass is 10.2. The molecule has 0 spiro atoms. The first kappa shape index (κ1) is 19.2. The first-order chi connectivity index (χ1) is 14.1. The van der Waals surface area contributed by atoms with E-state index in [1.807, 2.05) is 41.0 Å². The average molecular weight is 427 g/mol. The first-order valence-electron chi connectivity index (χ1n) is 8.68. The predicted octanol–water partition coefficient (Wildman–Crippen LogP) is 5.44. The van der Waals surface area contributed by atoms with E-state index >= 15 is 0 Å². The molecule has 2 aromatic heterocycles. The number of aromatic nitrogens is 3. The van der Waals surface area contributed by atoms with Gasteiger partial charge in [0.25, 0.3) is 5.69 Å². The molecule has 146 valence electrons. The smallest absolute Gasteiger partial charge is 0.269 e. The second-order valence-electron chi connectivity index (χ2n) is 6.16. The Morgan fingerprint density at radius 2 is 1.86 bits per heavy atom. The zero-order valence-electron chi connectivity index (χ0n) is 15.1. The fourth-order valence-electron chi connectivity index (χ4n) is 2.80. The summed E-state index contributed by atoms with van der Waals surface area (Å²) in [4.78, 5) is 10.4. The molecule has 0 fully saturated rings. The Bertz CT molecular complexity index is 1130. The van der Waals surface area contributed by atoms with Crippen molar-refractivity contribution in [2.24, 2.45) is 0 Å². The van der Waals surface area contributed by atoms with Crippen LogP contribution in [0.2, 0.25) is 5.02 Å². The van der Waals surface area contributed by atoms with E-state index in [1.54, 1.807) is 18.4 Å². The highest BCUT2D eigenvalue weighted by molar-refractivity contribution is 7.98. The molecule has 4 rings (SSSR count). The number of benzene rings is 2. The van der Waals surface area contributed by atoms with Crippen LogP contribution in [0.3, 0.4) is 0 Å². The van der Waals surface area contributed by atoms with Crippen LogP contribution in [0, 0.1) is 10.1 Å². The summed E-state index contributed by atoms with van der Waals surface area (Å²) < 4.78 is 7.45. The summed E-state index contributed by atoms with van der Waals surface area (Å²) in [6, 6.07) is 17.7. The molecule has 0 N–H and O–H groups in total. The number of hydrogen-bond acceptors (Lipinski definition) is 6. The molecule has 0 aliphatic carbocycles. The van der Waals surface area contributed by atoms with Crippen molar-refractivity contribution in [1.82, 2.24) is 14.8 Å². The highest BCUT2D eigenvalue weighted by Crippen LogP contribution is 2.31. The summed E-state index contributed by atoms with van der Waals surface area (Å²) >= 11 is 7.86. The Hall–Kier alpha value is -3.10. The van der Waals surface area contributed by atoms with Crippen LogP contribution in [-0.2, 0) is 12.3 Å². The van der Waals surface area contributed by atoms with Crippen LogP contribution in [0.15, 0.2) is 76.5 Å². The molecule has 2 aromatic carbocycles. The molecule has 0 unspecified atom stereocenters. The number of nitro groups is 1. The number of halogens is 1. The zero-order chi connectivity index (χ0) is 20.2. The molecule has 2 heterocycles. The Balaban J connectivity index is 1.62. The van der Waals surface area contributed by atoms with Crippen molar-refractivity contribution >= 4 is 29.1 Å². The highest BCUT2D eigenvalue weighted by atomic mass is 35.5. The van der Waals surface area contributed by atoms with Gasteiger partial charge in [-0.3, -0.25) is 14.7 Å². The molecule has 0 bridgehead atoms. The van der Waals surface area contributed by atoms with E-state index in [2.05, 4.69) is 10.2 Å². The van der Waals surface area contributed by atoms with Gasteiger partial charge in [0.05, 0.1) is 22.8 Å². The third-order valence-electron chi connectivity index (χ3n) is 4.24. The first-order valence-corrected chi connectivity index (χ1v) is 10.0. The summed E-state index contributed by atoms with van der Waals surface area (Å²) in [6.07, 6.45) is 1.62. The van der Waals surface area contributed by atoms with E-state index in [-0.39, 0.29) is 5.69 Å². The maximum atomic E-state index is 10.8. The van der Waals surface area contributed by atoms with Crippen molar-refractivity contribution in [3.05, 3.63) is 93.4 Å². The molecule has 9 heteroatoms. The third kappa shape index (κ3) is 4.33. The summed E-state index contributed by atoms with van der Waals surface area (Å²) in [6.45, 7) is 0.461. The van der Waals surface area contributed by atoms with Crippen molar-refractivity contribution in [2.45, 2.75) is 17.5 Å². The molecule has 7 nitrogen and oxygen atoms in total. The third-order valence-corrected chi connectivity index (χ3v) is 5.61. The number of rotatable bonds is 7. The lowest BCUT2D eigenvalue weighted by molar-refractivity contribution is -0.384. The number of non-ortho nitro benzene ring substituents is 1. The molecule has 4 aromatic rings. The quantitative estimate of drug-likeness (QED) is 0.222. The van der Waals surface area contributed by atoms with Crippen molar-refractivity contribution in [2.75, 3.05) is 0 Å². The number of nitro benzene ring substituents is 1. The lowest BCUT2D eigenvalue weighted by Gasteiger charge is -2.10. The van der Waals surface area contributed by atoms with Crippen LogP contribution in [0.25, 0.3) is 11.4 Å². The van der Waals surface area contributed by atoms with E-state index in [1.165, 1.54) is 23.9 Å². The normalized spacial score (nSPS) is 10.9. The lowest BCUT2D eigenvalue weighted by Crippen LogP contribution is -2.03. The Labute approximate surface area is 175 Å². The summed E-state index contributed by atoms with van der Waals surface area (Å²) in [5.41, 5.74) is 1.81. The van der Waals surface area contributed by atoms with Crippen LogP contribution in [0.5, 0.6) is 0 Å². The Kier molecular flexibility index (Phi) is 5.64. The van der Waals surface area contributed by atoms with Crippen molar-refractivity contribution in [3.8, 4) is 11.4 Å². The van der Waals surface area contributed by atoms with Gasteiger partial charge in [-0.15, -0.1) is 10.2 Å². The Morgan fingerprint density at radius 3 is 2.55 bits per heavy atom. The van der Waals surface area contributed by atoms with Gasteiger partial charge in [0.2, 0.25) is 0 Å². The van der Waals surface area contributed by atoms with E-state index in [0.29, 0.717) is 28.3 Å². The minimum absolute atomic E-state index is 0.0701. The molecule has 0 saturated heterocycles. The SMILES string of the molecule is O=[N+]([O-])c1ccc(CSc2nnc(-c3ccccc3Cl)n2Cc2ccco2)cc1. The van der Waals surface area contributed by atoms with Gasteiger partial charge in [-0.25, -0.2) is 0 Å². The van der Waals surface area contributed by atoms with E-state index in [0.717, 1.165) is 16.9 Å². The van der Waals surface area contributed by atoms with E-state index in [9.17, 15) is 10.1 Å². The number of nitrogens with zero attached hydrogens (tertiary/aromatic N) is 4. The molecule has 0 atom stereocenters. The van der Waals surface area contributed by atoms with Crippen molar-refractivity contribution < 1.29 is 9.34 Å². The van der Waals surface area contributed by atoms with Crippen molar-refractivity contribution in [1.29, 1.82) is 0 Å². The van der Waals surface area contributed by atoms with Gasteiger partial charge in [0.1, 0.15) is 5.76 Å². The number of hydrogen-bond donors (Lipinski definition) is 0. The van der Waals surface area contributed by atoms with Crippen molar-refractivity contribution in [3.63, 3.8) is 0 Å². The van der Waals surface area contributed by atoms with Crippen LogP contribution < -0.4 is 0 Å². The van der Waals surface area contributed by atoms with Gasteiger partial charge in [0.15, 0.2) is 11.0 Å². The van der Waals surface area contributed by atoms with Gasteiger partial charge in [-0.05, 0) is 29.8 Å². The summed E-state index contributed by atoms with van der Waals surface area (Å²) in [5.74, 6) is 2.02. The van der Waals surface area contributed by atoms with Gasteiger partial charge < -0.3 is 4.42 Å². The zero-order valence-corrected chi connectivity index (χ0v) is 16.6. The molecule has 29 heavy (non-hydrogen) atoms. The topological polar surface area (TPSA) is 87.0 Å². The summed E-state index contributed by atoms with van der Waals surface area (Å²) in [7, 11) is 0. The summed E-state index contributed by atoms with van der Waals surface area (Å²) in [5, 5.41) is 20.8. The van der Waals surface area contributed by atoms with E-state index < -0.39 is 4.92 Å². The Morgan fingerprint density at radius 1 is 1.07 bits per heavy atom. The standard InChI is InChI=1S/C20H15ClN4O3S/c21-18-6-2-1-5-17(18)19-22-23-20(24(19)12-16-4-3-11-28-16)29-13-14-7-9-15(10-8-14)25(26)27/h1-11H,12-13H2. The van der Waals surface area contributed by atoms with Crippen LogP contribution in [-0.4, -0.2) is 19.7 Å². The van der Waals surface area contributed by atoms with Crippen LogP contribution in [0.1, 0.15) is 11.3 Å². The second kappa shape index (κ2) is 8.50. The maximum absolute atomic E-state index is 10.8. The van der Waals surface area contributed by atoms with Gasteiger partial charge >= 0.3 is 0 Å². The van der Waals surface area contributed by atoms with Crippen LogP contribution >= 0.6 is 23.4 Å². The van der Waals surface area contributed by atoms with Gasteiger partial charge in [0, 0.05) is 23.4 Å². The monoisotopic (exact) mass is 426 g/mol. The fraction of sp³-hybridized carbons (Fsp3) is 0.100. The molecule has 0 saturated carbocycles. The van der Waals surface area contributed by atoms with E-state index in [4.69, 9.17) is 16.0 Å². The fourth-order valence-corrected chi connectivity index (χ4v) is 3.91. The number of furan rings is 1. The average Bonchev–Trinajstić information content (AvgIpc) is 3.38. The maximum Gasteiger partial charge on any atom is 0.269 e. The largest absolute Gasteiger partial charge is 0.467 e. The van der Waals surface area contributed by atoms with Gasteiger partial charge in [-0.1, -0.05) is 47.6 Å². The second-order valence-corrected chi connectivity index (χ2v) is 7.51. The molecule has 0 amide bonds. The minimum Gasteiger partial charge on any atom is -0.467 e. The molecular formula is C20H15ClN4O3S. The van der Waals surface area contributed by atoms with Crippen LogP contribution in [0.4, 0.5) is 5.69 Å². The number of thioether (sulfide) groups is 1.